The number of hydrogen-bond donors (Lipinski definition) is 1. The Kier molecular flexibility index (Phi) is 3.56. The van der Waals surface area contributed by atoms with Gasteiger partial charge < -0.3 is 4.98 Å². The third-order valence-electron chi connectivity index (χ3n) is 2.17. The van der Waals surface area contributed by atoms with Gasteiger partial charge in [0, 0.05) is 21.0 Å². The van der Waals surface area contributed by atoms with Crippen molar-refractivity contribution in [1.29, 1.82) is 0 Å². The van der Waals surface area contributed by atoms with E-state index in [0.29, 0.717) is 5.56 Å². The van der Waals surface area contributed by atoms with Gasteiger partial charge in [-0.3, -0.25) is 4.79 Å². The second-order valence-corrected chi connectivity index (χ2v) is 4.58. The van der Waals surface area contributed by atoms with Crippen molar-refractivity contribution in [2.24, 2.45) is 0 Å². The number of aromatic nitrogens is 1. The molecule has 0 saturated carbocycles. The second-order valence-electron chi connectivity index (χ2n) is 3.33. The van der Waals surface area contributed by atoms with Gasteiger partial charge in [-0.25, -0.2) is 0 Å². The highest BCUT2D eigenvalue weighted by Gasteiger charge is 2.00. The van der Waals surface area contributed by atoms with E-state index in [1.807, 2.05) is 42.6 Å². The summed E-state index contributed by atoms with van der Waals surface area (Å²) in [5.41, 5.74) is 1.64. The highest BCUT2D eigenvalue weighted by Crippen LogP contribution is 2.08. The van der Waals surface area contributed by atoms with E-state index in [2.05, 4.69) is 27.6 Å². The minimum atomic E-state index is 0.0194. The normalized spacial score (nSPS) is 10.8. The molecule has 0 saturated heterocycles. The zero-order valence-electron chi connectivity index (χ0n) is 8.48. The fraction of sp³-hybridized carbons (Fsp3) is 0. The van der Waals surface area contributed by atoms with Crippen molar-refractivity contribution in [3.05, 3.63) is 63.5 Å². The van der Waals surface area contributed by atoms with Gasteiger partial charge in [-0.1, -0.05) is 12.1 Å². The average Bonchev–Trinajstić information content (AvgIpc) is 2.80. The minimum absolute atomic E-state index is 0.0194. The first-order valence-electron chi connectivity index (χ1n) is 4.87. The zero-order chi connectivity index (χ0) is 11.4. The first-order valence-corrected chi connectivity index (χ1v) is 5.95. The van der Waals surface area contributed by atoms with Gasteiger partial charge in [0.05, 0.1) is 0 Å². The number of benzene rings is 1. The number of hydrogen-bond acceptors (Lipinski definition) is 1. The molecule has 0 aliphatic carbocycles. The van der Waals surface area contributed by atoms with Gasteiger partial charge in [0.25, 0.3) is 0 Å². The van der Waals surface area contributed by atoms with Gasteiger partial charge in [0.15, 0.2) is 5.78 Å². The number of H-pyrrole nitrogens is 1. The molecular formula is C13H10INO. The smallest absolute Gasteiger partial charge is 0.185 e. The van der Waals surface area contributed by atoms with Crippen molar-refractivity contribution in [3.8, 4) is 0 Å². The molecule has 16 heavy (non-hydrogen) atoms. The van der Waals surface area contributed by atoms with Crippen LogP contribution in [0.25, 0.3) is 6.08 Å². The highest BCUT2D eigenvalue weighted by molar-refractivity contribution is 14.1. The standard InChI is InChI=1S/C13H10INO/c14-11-5-3-10(4-6-11)13(16)8-7-12-2-1-9-15-12/h1-9,15H/b8-7+. The van der Waals surface area contributed by atoms with Crippen molar-refractivity contribution in [3.63, 3.8) is 0 Å². The van der Waals surface area contributed by atoms with Gasteiger partial charge in [0.2, 0.25) is 0 Å². The van der Waals surface area contributed by atoms with Crippen LogP contribution in [-0.4, -0.2) is 10.8 Å². The lowest BCUT2D eigenvalue weighted by Gasteiger charge is -1.95. The van der Waals surface area contributed by atoms with E-state index >= 15 is 0 Å². The van der Waals surface area contributed by atoms with Gasteiger partial charge in [-0.05, 0) is 59.0 Å². The van der Waals surface area contributed by atoms with E-state index in [-0.39, 0.29) is 5.78 Å². The molecule has 1 aromatic heterocycles. The molecule has 0 fully saturated rings. The quantitative estimate of drug-likeness (QED) is 0.523. The number of rotatable bonds is 3. The lowest BCUT2D eigenvalue weighted by molar-refractivity contribution is 0.104. The fourth-order valence-electron chi connectivity index (χ4n) is 1.32. The molecule has 0 radical (unpaired) electrons. The maximum Gasteiger partial charge on any atom is 0.185 e. The van der Waals surface area contributed by atoms with Crippen LogP contribution in [0.3, 0.4) is 0 Å². The summed E-state index contributed by atoms with van der Waals surface area (Å²) in [6.45, 7) is 0. The molecule has 0 aliphatic rings. The van der Waals surface area contributed by atoms with Gasteiger partial charge >= 0.3 is 0 Å². The first-order chi connectivity index (χ1) is 7.75. The fourth-order valence-corrected chi connectivity index (χ4v) is 1.68. The van der Waals surface area contributed by atoms with E-state index in [9.17, 15) is 4.79 Å². The molecule has 1 N–H and O–H groups in total. The Morgan fingerprint density at radius 1 is 1.19 bits per heavy atom. The third kappa shape index (κ3) is 2.82. The Hall–Kier alpha value is -1.36. The Morgan fingerprint density at radius 2 is 1.94 bits per heavy atom. The summed E-state index contributed by atoms with van der Waals surface area (Å²) in [4.78, 5) is 14.8. The van der Waals surface area contributed by atoms with E-state index in [4.69, 9.17) is 0 Å². The Balaban J connectivity index is 2.11. The molecule has 3 heteroatoms. The minimum Gasteiger partial charge on any atom is -0.362 e. The van der Waals surface area contributed by atoms with E-state index < -0.39 is 0 Å². The maximum atomic E-state index is 11.7. The predicted octanol–water partition coefficient (Wildman–Crippen LogP) is 3.52. The van der Waals surface area contributed by atoms with Crippen LogP contribution >= 0.6 is 22.6 Å². The Bertz CT molecular complexity index is 497. The number of ketones is 1. The topological polar surface area (TPSA) is 32.9 Å². The summed E-state index contributed by atoms with van der Waals surface area (Å²) in [7, 11) is 0. The summed E-state index contributed by atoms with van der Waals surface area (Å²) in [6, 6.07) is 11.3. The monoisotopic (exact) mass is 323 g/mol. The molecule has 0 bridgehead atoms. The molecule has 2 rings (SSSR count). The van der Waals surface area contributed by atoms with Crippen LogP contribution in [0.4, 0.5) is 0 Å². The van der Waals surface area contributed by atoms with Crippen LogP contribution in [0.15, 0.2) is 48.7 Å². The summed E-state index contributed by atoms with van der Waals surface area (Å²) < 4.78 is 1.13. The van der Waals surface area contributed by atoms with Crippen molar-refractivity contribution >= 4 is 34.5 Å². The molecule has 1 heterocycles. The molecule has 0 amide bonds. The van der Waals surface area contributed by atoms with Gasteiger partial charge in [-0.15, -0.1) is 0 Å². The summed E-state index contributed by atoms with van der Waals surface area (Å²) in [6.07, 6.45) is 5.18. The molecule has 2 nitrogen and oxygen atoms in total. The van der Waals surface area contributed by atoms with Crippen LogP contribution in [-0.2, 0) is 0 Å². The summed E-state index contributed by atoms with van der Waals surface area (Å²) >= 11 is 2.22. The maximum absolute atomic E-state index is 11.7. The molecule has 0 aliphatic heterocycles. The molecule has 0 atom stereocenters. The Labute approximate surface area is 108 Å². The molecule has 2 aromatic rings. The van der Waals surface area contributed by atoms with E-state index in [1.54, 1.807) is 12.2 Å². The average molecular weight is 323 g/mol. The van der Waals surface area contributed by atoms with Crippen molar-refractivity contribution in [1.82, 2.24) is 4.98 Å². The van der Waals surface area contributed by atoms with Crippen LogP contribution in [0, 0.1) is 3.57 Å². The number of allylic oxidation sites excluding steroid dienone is 1. The number of aromatic amines is 1. The van der Waals surface area contributed by atoms with Crippen molar-refractivity contribution in [2.75, 3.05) is 0 Å². The largest absolute Gasteiger partial charge is 0.362 e. The second kappa shape index (κ2) is 5.12. The lowest BCUT2D eigenvalue weighted by Crippen LogP contribution is -1.93. The molecular weight excluding hydrogens is 313 g/mol. The van der Waals surface area contributed by atoms with Gasteiger partial charge in [-0.2, -0.15) is 0 Å². The summed E-state index contributed by atoms with van der Waals surface area (Å²) in [5.74, 6) is 0.0194. The SMILES string of the molecule is O=C(/C=C/c1ccc[nH]1)c1ccc(I)cc1. The Morgan fingerprint density at radius 3 is 2.56 bits per heavy atom. The number of nitrogens with one attached hydrogen (secondary N) is 1. The lowest BCUT2D eigenvalue weighted by atomic mass is 10.1. The van der Waals surface area contributed by atoms with Gasteiger partial charge in [0.1, 0.15) is 0 Å². The number of carbonyl (C=O) groups excluding carboxylic acids is 1. The molecule has 0 spiro atoms. The van der Waals surface area contributed by atoms with Crippen LogP contribution < -0.4 is 0 Å². The molecule has 1 aromatic carbocycles. The number of halogens is 1. The number of carbonyl (C=O) groups is 1. The highest BCUT2D eigenvalue weighted by atomic mass is 127. The predicted molar refractivity (Wildman–Crippen MR) is 73.3 cm³/mol. The third-order valence-corrected chi connectivity index (χ3v) is 2.88. The molecule has 80 valence electrons. The van der Waals surface area contributed by atoms with Crippen molar-refractivity contribution in [2.45, 2.75) is 0 Å². The van der Waals surface area contributed by atoms with E-state index in [1.165, 1.54) is 0 Å². The summed E-state index contributed by atoms with van der Waals surface area (Å²) in [5, 5.41) is 0. The van der Waals surface area contributed by atoms with Crippen LogP contribution in [0.2, 0.25) is 0 Å². The molecule has 0 unspecified atom stereocenters. The van der Waals surface area contributed by atoms with Crippen LogP contribution in [0.5, 0.6) is 0 Å². The van der Waals surface area contributed by atoms with E-state index in [0.717, 1.165) is 9.26 Å². The van der Waals surface area contributed by atoms with Crippen LogP contribution in [0.1, 0.15) is 16.1 Å². The zero-order valence-corrected chi connectivity index (χ0v) is 10.6. The first kappa shape index (κ1) is 11.1. The van der Waals surface area contributed by atoms with Crippen molar-refractivity contribution < 1.29 is 4.79 Å².